The van der Waals surface area contributed by atoms with Crippen LogP contribution < -0.4 is 10.1 Å². The van der Waals surface area contributed by atoms with E-state index in [9.17, 15) is 17.6 Å². The molecule has 2 fully saturated rings. The molecule has 1 N–H and O–H groups in total. The van der Waals surface area contributed by atoms with Gasteiger partial charge in [0.1, 0.15) is 29.7 Å². The van der Waals surface area contributed by atoms with Crippen LogP contribution in [0.4, 0.5) is 20.7 Å². The summed E-state index contributed by atoms with van der Waals surface area (Å²) in [6.07, 6.45) is 4.17. The van der Waals surface area contributed by atoms with E-state index in [-0.39, 0.29) is 34.9 Å². The lowest BCUT2D eigenvalue weighted by Gasteiger charge is -2.28. The predicted molar refractivity (Wildman–Crippen MR) is 123 cm³/mol. The molecule has 2 bridgehead atoms. The molecule has 1 aromatic carbocycles. The summed E-state index contributed by atoms with van der Waals surface area (Å²) in [7, 11) is -3.52. The number of rotatable bonds is 5. The number of sulfone groups is 1. The summed E-state index contributed by atoms with van der Waals surface area (Å²) in [4.78, 5) is 22.8. The zero-order valence-corrected chi connectivity index (χ0v) is 20.6. The summed E-state index contributed by atoms with van der Waals surface area (Å²) in [6, 6.07) is 3.60. The van der Waals surface area contributed by atoms with Crippen molar-refractivity contribution in [3.8, 4) is 5.88 Å². The summed E-state index contributed by atoms with van der Waals surface area (Å²) in [6.45, 7) is 7.27. The fourth-order valence-electron chi connectivity index (χ4n) is 4.44. The average molecular weight is 493 g/mol. The first-order valence-corrected chi connectivity index (χ1v) is 13.0. The Morgan fingerprint density at radius 1 is 1.24 bits per heavy atom. The van der Waals surface area contributed by atoms with Gasteiger partial charge in [-0.2, -0.15) is 0 Å². The number of benzene rings is 1. The number of aromatic nitrogens is 2. The van der Waals surface area contributed by atoms with Gasteiger partial charge in [-0.1, -0.05) is 0 Å². The fraction of sp³-hybridized carbons (Fsp3) is 0.522. The van der Waals surface area contributed by atoms with Crippen LogP contribution in [-0.2, 0) is 14.6 Å². The zero-order chi connectivity index (χ0) is 24.8. The van der Waals surface area contributed by atoms with Crippen LogP contribution in [0.3, 0.4) is 0 Å². The van der Waals surface area contributed by atoms with E-state index in [4.69, 9.17) is 9.47 Å². The molecule has 0 radical (unpaired) electrons. The van der Waals surface area contributed by atoms with E-state index in [2.05, 4.69) is 15.3 Å². The highest BCUT2D eigenvalue weighted by molar-refractivity contribution is 7.90. The van der Waals surface area contributed by atoms with Crippen LogP contribution in [0.1, 0.15) is 45.6 Å². The minimum Gasteiger partial charge on any atom is -0.472 e. The Kier molecular flexibility index (Phi) is 6.17. The number of nitrogens with one attached hydrogen (secondary N) is 1. The van der Waals surface area contributed by atoms with Crippen LogP contribution in [0, 0.1) is 12.7 Å². The third-order valence-electron chi connectivity index (χ3n) is 6.01. The molecule has 11 heteroatoms. The Morgan fingerprint density at radius 2 is 1.97 bits per heavy atom. The molecule has 3 unspecified atom stereocenters. The molecule has 34 heavy (non-hydrogen) atoms. The number of hydrogen-bond acceptors (Lipinski definition) is 8. The second kappa shape index (κ2) is 8.68. The second-order valence-electron chi connectivity index (χ2n) is 9.77. The van der Waals surface area contributed by atoms with Gasteiger partial charge in [-0.3, -0.25) is 4.90 Å². The summed E-state index contributed by atoms with van der Waals surface area (Å²) in [5.74, 6) is -0.0416. The summed E-state index contributed by atoms with van der Waals surface area (Å²) in [5.41, 5.74) is 0.0745. The van der Waals surface area contributed by atoms with Crippen molar-refractivity contribution in [1.29, 1.82) is 0 Å². The first-order chi connectivity index (χ1) is 15.8. The Hall–Kier alpha value is -2.95. The molecule has 0 spiro atoms. The minimum atomic E-state index is -3.52. The second-order valence-corrected chi connectivity index (χ2v) is 11.8. The largest absolute Gasteiger partial charge is 0.472 e. The number of anilines is 2. The Morgan fingerprint density at radius 3 is 2.62 bits per heavy atom. The van der Waals surface area contributed by atoms with Crippen LogP contribution >= 0.6 is 0 Å². The van der Waals surface area contributed by atoms with Gasteiger partial charge in [0, 0.05) is 18.7 Å². The van der Waals surface area contributed by atoms with Crippen LogP contribution in [0.15, 0.2) is 29.4 Å². The Balaban J connectivity index is 1.50. The lowest BCUT2D eigenvalue weighted by atomic mass is 9.98. The van der Waals surface area contributed by atoms with E-state index < -0.39 is 21.3 Å². The van der Waals surface area contributed by atoms with Gasteiger partial charge >= 0.3 is 6.09 Å². The summed E-state index contributed by atoms with van der Waals surface area (Å²) >= 11 is 0. The SMILES string of the molecule is Cc1c(Nc2ccc(S(C)(=O)=O)cc2F)ncnc1OC1CC2CCC1N2C(=O)OC(C)(C)C. The monoisotopic (exact) mass is 492 g/mol. The summed E-state index contributed by atoms with van der Waals surface area (Å²) in [5, 5.41) is 2.89. The molecule has 2 saturated heterocycles. The van der Waals surface area contributed by atoms with Crippen LogP contribution in [-0.4, -0.2) is 59.4 Å². The van der Waals surface area contributed by atoms with Gasteiger partial charge in [-0.15, -0.1) is 0 Å². The van der Waals surface area contributed by atoms with Crippen LogP contribution in [0.25, 0.3) is 0 Å². The van der Waals surface area contributed by atoms with E-state index in [0.717, 1.165) is 25.2 Å². The lowest BCUT2D eigenvalue weighted by Crippen LogP contribution is -2.42. The minimum absolute atomic E-state index is 0.0621. The van der Waals surface area contributed by atoms with E-state index >= 15 is 0 Å². The highest BCUT2D eigenvalue weighted by Gasteiger charge is 2.51. The molecular formula is C23H29FN4O5S. The Labute approximate surface area is 198 Å². The summed E-state index contributed by atoms with van der Waals surface area (Å²) < 4.78 is 49.6. The highest BCUT2D eigenvalue weighted by atomic mass is 32.2. The third kappa shape index (κ3) is 4.94. The maximum Gasteiger partial charge on any atom is 0.410 e. The average Bonchev–Trinajstić information content (AvgIpc) is 3.28. The number of carbonyl (C=O) groups is 1. The molecule has 3 heterocycles. The van der Waals surface area contributed by atoms with Gasteiger partial charge < -0.3 is 14.8 Å². The van der Waals surface area contributed by atoms with Gasteiger partial charge in [0.2, 0.25) is 5.88 Å². The van der Waals surface area contributed by atoms with Crippen molar-refractivity contribution in [3.05, 3.63) is 35.9 Å². The van der Waals surface area contributed by atoms with Crippen molar-refractivity contribution in [2.45, 2.75) is 75.6 Å². The standard InChI is InChI=1S/C23H29FN4O5S/c1-13-20(27-17-8-7-15(11-16(17)24)34(5,30)31)25-12-26-21(13)32-19-10-14-6-9-18(19)28(14)22(29)33-23(2,3)4/h7-8,11-12,14,18-19H,6,9-10H2,1-5H3,(H,25,26,27). The molecule has 0 aliphatic carbocycles. The number of amides is 1. The van der Waals surface area contributed by atoms with E-state index in [1.165, 1.54) is 18.5 Å². The number of carbonyl (C=O) groups excluding carboxylic acids is 1. The molecule has 3 atom stereocenters. The van der Waals surface area contributed by atoms with E-state index in [0.29, 0.717) is 23.7 Å². The number of nitrogens with zero attached hydrogens (tertiary/aromatic N) is 3. The normalized spacial score (nSPS) is 22.1. The van der Waals surface area contributed by atoms with Crippen LogP contribution in [0.5, 0.6) is 5.88 Å². The number of ether oxygens (including phenoxy) is 2. The molecule has 4 rings (SSSR count). The Bertz CT molecular complexity index is 1210. The number of fused-ring (bicyclic) bond motifs is 2. The molecule has 2 aliphatic heterocycles. The fourth-order valence-corrected chi connectivity index (χ4v) is 5.07. The van der Waals surface area contributed by atoms with Gasteiger partial charge in [-0.05, 0) is 58.7 Å². The quantitative estimate of drug-likeness (QED) is 0.667. The zero-order valence-electron chi connectivity index (χ0n) is 19.8. The van der Waals surface area contributed by atoms with E-state index in [1.807, 2.05) is 20.8 Å². The molecule has 184 valence electrons. The number of halogens is 1. The lowest BCUT2D eigenvalue weighted by molar-refractivity contribution is 0.0180. The molecule has 9 nitrogen and oxygen atoms in total. The molecule has 2 aromatic rings. The van der Waals surface area contributed by atoms with Crippen molar-refractivity contribution in [2.24, 2.45) is 0 Å². The first kappa shape index (κ1) is 24.2. The van der Waals surface area contributed by atoms with Crippen molar-refractivity contribution >= 4 is 27.4 Å². The predicted octanol–water partition coefficient (Wildman–Crippen LogP) is 3.99. The third-order valence-corrected chi connectivity index (χ3v) is 7.12. The van der Waals surface area contributed by atoms with Crippen molar-refractivity contribution < 1.29 is 27.1 Å². The van der Waals surface area contributed by atoms with Gasteiger partial charge in [0.15, 0.2) is 9.84 Å². The molecular weight excluding hydrogens is 463 g/mol. The topological polar surface area (TPSA) is 111 Å². The number of hydrogen-bond donors (Lipinski definition) is 1. The van der Waals surface area contributed by atoms with Crippen molar-refractivity contribution in [2.75, 3.05) is 11.6 Å². The maximum absolute atomic E-state index is 14.5. The smallest absolute Gasteiger partial charge is 0.410 e. The van der Waals surface area contributed by atoms with Crippen molar-refractivity contribution in [1.82, 2.24) is 14.9 Å². The maximum atomic E-state index is 14.5. The molecule has 1 amide bonds. The van der Waals surface area contributed by atoms with E-state index in [1.54, 1.807) is 11.8 Å². The first-order valence-electron chi connectivity index (χ1n) is 11.1. The molecule has 0 saturated carbocycles. The van der Waals surface area contributed by atoms with Crippen LogP contribution in [0.2, 0.25) is 0 Å². The van der Waals surface area contributed by atoms with Gasteiger partial charge in [0.05, 0.1) is 22.2 Å². The van der Waals surface area contributed by atoms with Gasteiger partial charge in [0.25, 0.3) is 0 Å². The van der Waals surface area contributed by atoms with Crippen molar-refractivity contribution in [3.63, 3.8) is 0 Å². The molecule has 2 aliphatic rings. The molecule has 1 aromatic heterocycles. The van der Waals surface area contributed by atoms with Gasteiger partial charge in [-0.25, -0.2) is 27.6 Å². The highest BCUT2D eigenvalue weighted by Crippen LogP contribution is 2.41.